The van der Waals surface area contributed by atoms with Crippen LogP contribution in [-0.2, 0) is 5.41 Å². The largest absolute Gasteiger partial charge is 0.489 e. The number of benzene rings is 1. The highest BCUT2D eigenvalue weighted by Gasteiger charge is 2.22. The van der Waals surface area contributed by atoms with E-state index in [1.165, 1.54) is 0 Å². The van der Waals surface area contributed by atoms with Crippen molar-refractivity contribution in [2.24, 2.45) is 0 Å². The van der Waals surface area contributed by atoms with Gasteiger partial charge in [0.25, 0.3) is 0 Å². The third kappa shape index (κ3) is 3.06. The minimum absolute atomic E-state index is 0.0210. The van der Waals surface area contributed by atoms with Crippen molar-refractivity contribution in [2.45, 2.75) is 26.2 Å². The van der Waals surface area contributed by atoms with Crippen LogP contribution >= 0.6 is 31.9 Å². The molecule has 0 heterocycles. The molecule has 0 aliphatic rings. The fraction of sp³-hybridized carbons (Fsp3) is 0.400. The van der Waals surface area contributed by atoms with Crippen LogP contribution in [0.1, 0.15) is 26.3 Å². The molecular weight excluding hydrogens is 323 g/mol. The highest BCUT2D eigenvalue weighted by Crippen LogP contribution is 2.29. The predicted molar refractivity (Wildman–Crippen MR) is 70.4 cm³/mol. The molecule has 0 amide bonds. The monoisotopic (exact) mass is 334 g/mol. The van der Waals surface area contributed by atoms with Crippen molar-refractivity contribution in [1.82, 2.24) is 0 Å². The van der Waals surface area contributed by atoms with Gasteiger partial charge in [-0.05, 0) is 54.4 Å². The molecule has 1 aromatic carbocycles. The van der Waals surface area contributed by atoms with E-state index in [9.17, 15) is 10.0 Å². The molecule has 0 saturated heterocycles. The maximum Gasteiger partial charge on any atom is 0.489 e. The third-order valence-electron chi connectivity index (χ3n) is 2.20. The summed E-state index contributed by atoms with van der Waals surface area (Å²) in [5, 5.41) is 18.4. The van der Waals surface area contributed by atoms with Crippen molar-refractivity contribution >= 4 is 44.4 Å². The topological polar surface area (TPSA) is 40.5 Å². The van der Waals surface area contributed by atoms with Gasteiger partial charge >= 0.3 is 7.12 Å². The summed E-state index contributed by atoms with van der Waals surface area (Å²) in [5.74, 6) is 0. The number of hydrogen-bond donors (Lipinski definition) is 2. The zero-order valence-electron chi connectivity index (χ0n) is 8.88. The second-order valence-corrected chi connectivity index (χ2v) is 6.13. The van der Waals surface area contributed by atoms with Crippen molar-refractivity contribution in [3.8, 4) is 0 Å². The molecule has 0 aromatic heterocycles. The molecule has 1 aromatic rings. The summed E-state index contributed by atoms with van der Waals surface area (Å²) in [6.07, 6.45) is 0. The lowest BCUT2D eigenvalue weighted by molar-refractivity contribution is 0.425. The van der Waals surface area contributed by atoms with Crippen LogP contribution in [0.3, 0.4) is 0 Å². The molecule has 0 aliphatic heterocycles. The van der Waals surface area contributed by atoms with Crippen molar-refractivity contribution < 1.29 is 10.0 Å². The molecule has 0 atom stereocenters. The zero-order chi connectivity index (χ0) is 11.8. The fourth-order valence-corrected chi connectivity index (χ4v) is 2.14. The summed E-state index contributed by atoms with van der Waals surface area (Å²) < 4.78 is 1.52. The molecule has 82 valence electrons. The lowest BCUT2D eigenvalue weighted by Crippen LogP contribution is -2.32. The molecule has 0 spiro atoms. The first-order chi connectivity index (χ1) is 6.73. The highest BCUT2D eigenvalue weighted by molar-refractivity contribution is 9.13. The van der Waals surface area contributed by atoms with Gasteiger partial charge in [-0.2, -0.15) is 0 Å². The van der Waals surface area contributed by atoms with Gasteiger partial charge in [0.1, 0.15) is 0 Å². The molecule has 0 saturated carbocycles. The van der Waals surface area contributed by atoms with Crippen molar-refractivity contribution in [3.63, 3.8) is 0 Å². The Morgan fingerprint density at radius 1 is 1.13 bits per heavy atom. The molecule has 0 fully saturated rings. The smallest absolute Gasteiger partial charge is 0.423 e. The Hall–Kier alpha value is 0.165. The summed E-state index contributed by atoms with van der Waals surface area (Å²) in [4.78, 5) is 0. The van der Waals surface area contributed by atoms with Gasteiger partial charge in [-0.25, -0.2) is 0 Å². The molecule has 0 unspecified atom stereocenters. The number of hydrogen-bond acceptors (Lipinski definition) is 2. The van der Waals surface area contributed by atoms with Crippen molar-refractivity contribution in [1.29, 1.82) is 0 Å². The van der Waals surface area contributed by atoms with Gasteiger partial charge in [0, 0.05) is 8.95 Å². The van der Waals surface area contributed by atoms with Crippen LogP contribution in [-0.4, -0.2) is 17.2 Å². The van der Waals surface area contributed by atoms with Gasteiger partial charge in [-0.3, -0.25) is 0 Å². The molecule has 0 bridgehead atoms. The standard InChI is InChI=1S/C10H13BBr2O2/c1-10(2,3)6-4-7(11(14)15)9(13)8(12)5-6/h4-5,14-15H,1-3H3. The maximum atomic E-state index is 9.22. The SMILES string of the molecule is CC(C)(C)c1cc(Br)c(Br)c(B(O)O)c1. The van der Waals surface area contributed by atoms with E-state index < -0.39 is 7.12 Å². The lowest BCUT2D eigenvalue weighted by Gasteiger charge is -2.21. The van der Waals surface area contributed by atoms with E-state index in [1.807, 2.05) is 6.07 Å². The van der Waals surface area contributed by atoms with Gasteiger partial charge in [0.05, 0.1) is 0 Å². The molecule has 0 radical (unpaired) electrons. The summed E-state index contributed by atoms with van der Waals surface area (Å²) in [5.41, 5.74) is 1.52. The Labute approximate surface area is 107 Å². The Balaban J connectivity index is 3.36. The zero-order valence-corrected chi connectivity index (χ0v) is 12.1. The molecular formula is C10H13BBr2O2. The van der Waals surface area contributed by atoms with E-state index in [0.717, 1.165) is 10.0 Å². The summed E-state index contributed by atoms with van der Waals surface area (Å²) in [7, 11) is -1.46. The minimum atomic E-state index is -1.46. The second kappa shape index (κ2) is 4.57. The number of rotatable bonds is 1. The summed E-state index contributed by atoms with van der Waals surface area (Å²) >= 11 is 6.70. The molecule has 2 N–H and O–H groups in total. The quantitative estimate of drug-likeness (QED) is 0.772. The van der Waals surface area contributed by atoms with E-state index >= 15 is 0 Å². The van der Waals surface area contributed by atoms with Crippen LogP contribution in [0.2, 0.25) is 0 Å². The first-order valence-electron chi connectivity index (χ1n) is 4.59. The van der Waals surface area contributed by atoms with Crippen LogP contribution < -0.4 is 5.46 Å². The molecule has 1 rings (SSSR count). The van der Waals surface area contributed by atoms with E-state index in [-0.39, 0.29) is 5.41 Å². The minimum Gasteiger partial charge on any atom is -0.423 e. The molecule has 15 heavy (non-hydrogen) atoms. The summed E-state index contributed by atoms with van der Waals surface area (Å²) in [6.45, 7) is 6.24. The lowest BCUT2D eigenvalue weighted by atomic mass is 9.76. The van der Waals surface area contributed by atoms with Crippen LogP contribution in [0.25, 0.3) is 0 Å². The van der Waals surface area contributed by atoms with Gasteiger partial charge in [0.2, 0.25) is 0 Å². The maximum absolute atomic E-state index is 9.22. The van der Waals surface area contributed by atoms with Crippen LogP contribution in [0.15, 0.2) is 21.1 Å². The Kier molecular flexibility index (Phi) is 4.04. The van der Waals surface area contributed by atoms with E-state index in [1.54, 1.807) is 6.07 Å². The van der Waals surface area contributed by atoms with E-state index in [2.05, 4.69) is 52.6 Å². The summed E-state index contributed by atoms with van der Waals surface area (Å²) in [6, 6.07) is 3.79. The van der Waals surface area contributed by atoms with Crippen LogP contribution in [0, 0.1) is 0 Å². The molecule has 0 aliphatic carbocycles. The van der Waals surface area contributed by atoms with Gasteiger partial charge in [-0.1, -0.05) is 26.8 Å². The second-order valence-electron chi connectivity index (χ2n) is 4.48. The molecule has 5 heteroatoms. The first-order valence-corrected chi connectivity index (χ1v) is 6.17. The Morgan fingerprint density at radius 2 is 1.67 bits per heavy atom. The predicted octanol–water partition coefficient (Wildman–Crippen LogP) is 2.19. The first kappa shape index (κ1) is 13.2. The average molecular weight is 336 g/mol. The van der Waals surface area contributed by atoms with Crippen molar-refractivity contribution in [2.75, 3.05) is 0 Å². The van der Waals surface area contributed by atoms with Crippen LogP contribution in [0.4, 0.5) is 0 Å². The van der Waals surface area contributed by atoms with Crippen molar-refractivity contribution in [3.05, 3.63) is 26.6 Å². The van der Waals surface area contributed by atoms with E-state index in [4.69, 9.17) is 0 Å². The van der Waals surface area contributed by atoms with Gasteiger partial charge in [0.15, 0.2) is 0 Å². The van der Waals surface area contributed by atoms with Gasteiger partial charge in [-0.15, -0.1) is 0 Å². The fourth-order valence-electron chi connectivity index (χ4n) is 1.23. The Morgan fingerprint density at radius 3 is 2.07 bits per heavy atom. The highest BCUT2D eigenvalue weighted by atomic mass is 79.9. The average Bonchev–Trinajstić information content (AvgIpc) is 2.06. The number of halogens is 2. The Bertz CT molecular complexity index is 372. The van der Waals surface area contributed by atoms with Crippen LogP contribution in [0.5, 0.6) is 0 Å². The van der Waals surface area contributed by atoms with E-state index in [0.29, 0.717) is 9.94 Å². The normalized spacial score (nSPS) is 11.7. The van der Waals surface area contributed by atoms with Gasteiger partial charge < -0.3 is 10.0 Å². The molecule has 2 nitrogen and oxygen atoms in total. The third-order valence-corrected chi connectivity index (χ3v) is 4.24.